The average Bonchev–Trinajstić information content (AvgIpc) is 2.95. The van der Waals surface area contributed by atoms with Crippen molar-refractivity contribution < 1.29 is 4.42 Å². The number of aromatic nitrogens is 3. The van der Waals surface area contributed by atoms with Crippen LogP contribution in [0.2, 0.25) is 0 Å². The number of nitrogens with two attached hydrogens (primary N) is 1. The average molecular weight is 275 g/mol. The molecule has 0 aliphatic carbocycles. The van der Waals surface area contributed by atoms with Gasteiger partial charge in [-0.2, -0.15) is 0 Å². The van der Waals surface area contributed by atoms with E-state index in [0.29, 0.717) is 18.9 Å². The molecule has 0 fully saturated rings. The summed E-state index contributed by atoms with van der Waals surface area (Å²) in [5.74, 6) is 0.530. The first-order valence-corrected chi connectivity index (χ1v) is 6.71. The van der Waals surface area contributed by atoms with Crippen molar-refractivity contribution in [2.24, 2.45) is 0 Å². The monoisotopic (exact) mass is 275 g/mol. The van der Waals surface area contributed by atoms with E-state index in [1.807, 2.05) is 0 Å². The molecule has 3 rings (SSSR count). The van der Waals surface area contributed by atoms with Crippen LogP contribution in [0.1, 0.15) is 11.5 Å². The number of rotatable bonds is 4. The van der Waals surface area contributed by atoms with Crippen molar-refractivity contribution in [3.63, 3.8) is 0 Å². The predicted octanol–water partition coefficient (Wildman–Crippen LogP) is 2.22. The highest BCUT2D eigenvalue weighted by atomic mass is 32.1. The summed E-state index contributed by atoms with van der Waals surface area (Å²) in [6.07, 6.45) is 0.624. The second-order valence-electron chi connectivity index (χ2n) is 4.20. The summed E-state index contributed by atoms with van der Waals surface area (Å²) in [5, 5.41) is 11.6. The number of nitrogens with one attached hydrogen (secondary N) is 1. The Morgan fingerprint density at radius 2 is 2.26 bits per heavy atom. The topological polar surface area (TPSA) is 89.9 Å². The van der Waals surface area contributed by atoms with E-state index in [4.69, 9.17) is 10.2 Å². The van der Waals surface area contributed by atoms with Gasteiger partial charge in [-0.1, -0.05) is 22.5 Å². The second kappa shape index (κ2) is 4.85. The van der Waals surface area contributed by atoms with Gasteiger partial charge in [-0.3, -0.25) is 0 Å². The van der Waals surface area contributed by atoms with Gasteiger partial charge in [0.1, 0.15) is 0 Å². The molecule has 0 aliphatic heterocycles. The number of nitrogens with zero attached hydrogens (tertiary/aromatic N) is 3. The molecular formula is C12H13N5OS. The van der Waals surface area contributed by atoms with Gasteiger partial charge in [0.2, 0.25) is 5.89 Å². The van der Waals surface area contributed by atoms with Gasteiger partial charge in [0.05, 0.1) is 10.2 Å². The second-order valence-corrected chi connectivity index (χ2v) is 5.23. The Hall–Kier alpha value is -2.15. The normalized spacial score (nSPS) is 11.0. The van der Waals surface area contributed by atoms with Gasteiger partial charge in [0.25, 0.3) is 0 Å². The Labute approximate surface area is 113 Å². The molecule has 0 atom stereocenters. The summed E-state index contributed by atoms with van der Waals surface area (Å²) in [4.78, 5) is 4.53. The zero-order valence-electron chi connectivity index (χ0n) is 10.4. The summed E-state index contributed by atoms with van der Waals surface area (Å²) in [7, 11) is 0. The SMILES string of the molecule is Cc1ccc2sc(NCCc3nnc(N)o3)nc2c1. The summed E-state index contributed by atoms with van der Waals surface area (Å²) < 4.78 is 6.27. The lowest BCUT2D eigenvalue weighted by molar-refractivity contribution is 0.513. The van der Waals surface area contributed by atoms with Crippen molar-refractivity contribution in [1.29, 1.82) is 0 Å². The van der Waals surface area contributed by atoms with Gasteiger partial charge in [-0.05, 0) is 24.6 Å². The molecule has 0 saturated heterocycles. The third-order valence-corrected chi connectivity index (χ3v) is 3.63. The maximum Gasteiger partial charge on any atom is 0.312 e. The number of thiazole rings is 1. The van der Waals surface area contributed by atoms with Crippen LogP contribution >= 0.6 is 11.3 Å². The van der Waals surface area contributed by atoms with E-state index in [2.05, 4.69) is 45.6 Å². The van der Waals surface area contributed by atoms with Gasteiger partial charge >= 0.3 is 6.01 Å². The van der Waals surface area contributed by atoms with Crippen LogP contribution in [0.3, 0.4) is 0 Å². The van der Waals surface area contributed by atoms with E-state index >= 15 is 0 Å². The Morgan fingerprint density at radius 1 is 1.37 bits per heavy atom. The number of anilines is 2. The highest BCUT2D eigenvalue weighted by Crippen LogP contribution is 2.26. The van der Waals surface area contributed by atoms with E-state index in [0.717, 1.165) is 10.6 Å². The van der Waals surface area contributed by atoms with Crippen molar-refractivity contribution in [2.45, 2.75) is 13.3 Å². The molecule has 7 heteroatoms. The molecule has 0 spiro atoms. The lowest BCUT2D eigenvalue weighted by Crippen LogP contribution is -2.04. The highest BCUT2D eigenvalue weighted by molar-refractivity contribution is 7.22. The van der Waals surface area contributed by atoms with Gasteiger partial charge in [-0.25, -0.2) is 4.98 Å². The van der Waals surface area contributed by atoms with Crippen LogP contribution in [-0.4, -0.2) is 21.7 Å². The fourth-order valence-corrected chi connectivity index (χ4v) is 2.63. The highest BCUT2D eigenvalue weighted by Gasteiger charge is 2.05. The van der Waals surface area contributed by atoms with Crippen LogP contribution in [0.4, 0.5) is 11.1 Å². The number of benzene rings is 1. The molecule has 2 aromatic heterocycles. The van der Waals surface area contributed by atoms with E-state index < -0.39 is 0 Å². The largest absolute Gasteiger partial charge is 0.408 e. The molecule has 6 nitrogen and oxygen atoms in total. The Morgan fingerprint density at radius 3 is 3.05 bits per heavy atom. The molecule has 3 aromatic rings. The summed E-state index contributed by atoms with van der Waals surface area (Å²) in [5.41, 5.74) is 7.59. The molecule has 0 radical (unpaired) electrons. The lowest BCUT2D eigenvalue weighted by atomic mass is 10.2. The van der Waals surface area contributed by atoms with Crippen LogP contribution in [-0.2, 0) is 6.42 Å². The van der Waals surface area contributed by atoms with Crippen molar-refractivity contribution in [3.8, 4) is 0 Å². The minimum Gasteiger partial charge on any atom is -0.408 e. The van der Waals surface area contributed by atoms with E-state index in [-0.39, 0.29) is 6.01 Å². The third-order valence-electron chi connectivity index (χ3n) is 2.64. The smallest absolute Gasteiger partial charge is 0.312 e. The van der Waals surface area contributed by atoms with Crippen molar-refractivity contribution in [2.75, 3.05) is 17.6 Å². The minimum absolute atomic E-state index is 0.102. The molecule has 2 heterocycles. The first-order chi connectivity index (χ1) is 9.20. The first-order valence-electron chi connectivity index (χ1n) is 5.89. The number of nitrogen functional groups attached to an aromatic ring is 1. The van der Waals surface area contributed by atoms with Crippen LogP contribution in [0, 0.1) is 6.92 Å². The fourth-order valence-electron chi connectivity index (χ4n) is 1.76. The Kier molecular flexibility index (Phi) is 3.04. The number of aryl methyl sites for hydroxylation is 1. The van der Waals surface area contributed by atoms with Crippen LogP contribution in [0.25, 0.3) is 10.2 Å². The molecule has 0 amide bonds. The van der Waals surface area contributed by atoms with Crippen molar-refractivity contribution >= 4 is 32.7 Å². The van der Waals surface area contributed by atoms with Gasteiger partial charge in [0.15, 0.2) is 5.13 Å². The molecule has 3 N–H and O–H groups in total. The standard InChI is InChI=1S/C12H13N5OS/c1-7-2-3-9-8(6-7)15-12(19-9)14-5-4-10-16-17-11(13)18-10/h2-3,6H,4-5H2,1H3,(H2,13,17)(H,14,15). The van der Waals surface area contributed by atoms with Gasteiger partial charge < -0.3 is 15.5 Å². The molecule has 0 aliphatic rings. The number of fused-ring (bicyclic) bond motifs is 1. The zero-order valence-corrected chi connectivity index (χ0v) is 11.2. The van der Waals surface area contributed by atoms with E-state index in [1.165, 1.54) is 10.3 Å². The van der Waals surface area contributed by atoms with E-state index in [9.17, 15) is 0 Å². The molecular weight excluding hydrogens is 262 g/mol. The van der Waals surface area contributed by atoms with Crippen LogP contribution < -0.4 is 11.1 Å². The molecule has 0 bridgehead atoms. The molecule has 98 valence electrons. The van der Waals surface area contributed by atoms with Gasteiger partial charge in [0, 0.05) is 13.0 Å². The Bertz CT molecular complexity index is 705. The summed E-state index contributed by atoms with van der Waals surface area (Å²) >= 11 is 1.63. The number of hydrogen-bond acceptors (Lipinski definition) is 7. The molecule has 1 aromatic carbocycles. The minimum atomic E-state index is 0.102. The predicted molar refractivity (Wildman–Crippen MR) is 75.3 cm³/mol. The number of hydrogen-bond donors (Lipinski definition) is 2. The molecule has 0 saturated carbocycles. The van der Waals surface area contributed by atoms with Crippen molar-refractivity contribution in [3.05, 3.63) is 29.7 Å². The fraction of sp³-hybridized carbons (Fsp3) is 0.250. The van der Waals surface area contributed by atoms with Gasteiger partial charge in [-0.15, -0.1) is 5.10 Å². The summed E-state index contributed by atoms with van der Waals surface area (Å²) in [6.45, 7) is 2.74. The third kappa shape index (κ3) is 2.65. The zero-order chi connectivity index (χ0) is 13.2. The Balaban J connectivity index is 1.65. The quantitative estimate of drug-likeness (QED) is 0.758. The molecule has 0 unspecified atom stereocenters. The summed E-state index contributed by atoms with van der Waals surface area (Å²) in [6, 6.07) is 6.36. The molecule has 19 heavy (non-hydrogen) atoms. The van der Waals surface area contributed by atoms with Crippen LogP contribution in [0.5, 0.6) is 0 Å². The first kappa shape index (κ1) is 11.9. The van der Waals surface area contributed by atoms with Crippen molar-refractivity contribution in [1.82, 2.24) is 15.2 Å². The lowest BCUT2D eigenvalue weighted by Gasteiger charge is -1.98. The maximum absolute atomic E-state index is 5.36. The van der Waals surface area contributed by atoms with Crippen LogP contribution in [0.15, 0.2) is 22.6 Å². The van der Waals surface area contributed by atoms with E-state index in [1.54, 1.807) is 11.3 Å². The maximum atomic E-state index is 5.36.